The third-order valence-corrected chi connectivity index (χ3v) is 2.88. The van der Waals surface area contributed by atoms with Crippen LogP contribution in [-0.2, 0) is 4.74 Å². The Morgan fingerprint density at radius 1 is 1.58 bits per heavy atom. The maximum absolute atomic E-state index is 13.8. The van der Waals surface area contributed by atoms with E-state index in [4.69, 9.17) is 9.84 Å². The Morgan fingerprint density at radius 3 is 2.63 bits per heavy atom. The van der Waals surface area contributed by atoms with Crippen LogP contribution in [0.1, 0.15) is 29.3 Å². The summed E-state index contributed by atoms with van der Waals surface area (Å²) >= 11 is 0.831. The Hall–Kier alpha value is -1.60. The number of ether oxygens (including phenoxy) is 1. The molecule has 0 amide bonds. The fourth-order valence-corrected chi connectivity index (χ4v) is 2.05. The molecule has 104 valence electrons. The van der Waals surface area contributed by atoms with Crippen LogP contribution in [-0.4, -0.2) is 28.8 Å². The first kappa shape index (κ1) is 15.5. The summed E-state index contributed by atoms with van der Waals surface area (Å²) in [6.07, 6.45) is -0.217. The number of thiazole rings is 1. The highest BCUT2D eigenvalue weighted by atomic mass is 32.1. The molecule has 0 fully saturated rings. The first-order valence-corrected chi connectivity index (χ1v) is 6.25. The number of aromatic carboxylic acids is 1. The summed E-state index contributed by atoms with van der Waals surface area (Å²) in [7, 11) is 0. The molecular weight excluding hydrogens is 276 g/mol. The summed E-state index contributed by atoms with van der Waals surface area (Å²) in [5, 5.41) is 9.86. The van der Waals surface area contributed by atoms with Crippen molar-refractivity contribution in [1.82, 2.24) is 4.98 Å². The number of hydrogen-bond acceptors (Lipinski definition) is 4. The fourth-order valence-electron chi connectivity index (χ4n) is 1.18. The molecule has 0 radical (unpaired) electrons. The first-order valence-electron chi connectivity index (χ1n) is 5.37. The second-order valence-electron chi connectivity index (χ2n) is 3.89. The lowest BCUT2D eigenvalue weighted by molar-refractivity contribution is 0.0691. The number of halogens is 2. The van der Waals surface area contributed by atoms with E-state index in [2.05, 4.69) is 11.6 Å². The molecule has 1 N–H and O–H groups in total. The Kier molecular flexibility index (Phi) is 5.31. The zero-order valence-corrected chi connectivity index (χ0v) is 11.3. The molecule has 0 atom stereocenters. The summed E-state index contributed by atoms with van der Waals surface area (Å²) in [5.41, 5.74) is -0.713. The SMILES string of the molecule is C=C(F)/C(=C(\F)COC(C)C)c1nc(C(=O)O)cs1. The van der Waals surface area contributed by atoms with Crippen LogP contribution < -0.4 is 0 Å². The van der Waals surface area contributed by atoms with Gasteiger partial charge in [0.05, 0.1) is 18.3 Å². The third-order valence-electron chi connectivity index (χ3n) is 2.02. The molecule has 1 aromatic rings. The Morgan fingerprint density at radius 2 is 2.21 bits per heavy atom. The average Bonchev–Trinajstić information content (AvgIpc) is 2.75. The van der Waals surface area contributed by atoms with Crippen LogP contribution in [0.15, 0.2) is 23.6 Å². The number of aromatic nitrogens is 1. The van der Waals surface area contributed by atoms with E-state index >= 15 is 0 Å². The molecule has 0 aliphatic carbocycles. The van der Waals surface area contributed by atoms with Crippen molar-refractivity contribution in [2.24, 2.45) is 0 Å². The Balaban J connectivity index is 3.08. The van der Waals surface area contributed by atoms with Gasteiger partial charge in [0.2, 0.25) is 0 Å². The minimum atomic E-state index is -1.26. The number of carboxylic acids is 1. The lowest BCUT2D eigenvalue weighted by Gasteiger charge is -2.08. The third kappa shape index (κ3) is 4.22. The molecule has 0 saturated heterocycles. The predicted octanol–water partition coefficient (Wildman–Crippen LogP) is 3.43. The quantitative estimate of drug-likeness (QED) is 0.815. The minimum absolute atomic E-state index is 0.0743. The number of carboxylic acid groups (broad SMARTS) is 1. The van der Waals surface area contributed by atoms with Crippen molar-refractivity contribution in [3.05, 3.63) is 34.3 Å². The molecule has 0 bridgehead atoms. The molecule has 0 spiro atoms. The maximum atomic E-state index is 13.8. The Labute approximate surface area is 113 Å². The van der Waals surface area contributed by atoms with E-state index in [9.17, 15) is 13.6 Å². The van der Waals surface area contributed by atoms with Crippen molar-refractivity contribution < 1.29 is 23.4 Å². The summed E-state index contributed by atoms with van der Waals surface area (Å²) in [6, 6.07) is 0. The molecule has 0 aliphatic rings. The van der Waals surface area contributed by atoms with Crippen LogP contribution in [0, 0.1) is 0 Å². The van der Waals surface area contributed by atoms with Crippen molar-refractivity contribution in [3.8, 4) is 0 Å². The molecule has 1 rings (SSSR count). The summed E-state index contributed by atoms with van der Waals surface area (Å²) < 4.78 is 32.2. The van der Waals surface area contributed by atoms with Gasteiger partial charge in [-0.15, -0.1) is 11.3 Å². The monoisotopic (exact) mass is 289 g/mol. The van der Waals surface area contributed by atoms with Crippen molar-refractivity contribution in [2.45, 2.75) is 20.0 Å². The fraction of sp³-hybridized carbons (Fsp3) is 0.333. The molecular formula is C12H13F2NO3S. The van der Waals surface area contributed by atoms with E-state index in [1.165, 1.54) is 5.38 Å². The minimum Gasteiger partial charge on any atom is -0.476 e. The lowest BCUT2D eigenvalue weighted by atomic mass is 10.2. The molecule has 1 aromatic heterocycles. The molecule has 0 aliphatic heterocycles. The predicted molar refractivity (Wildman–Crippen MR) is 68.4 cm³/mol. The van der Waals surface area contributed by atoms with E-state index in [1.54, 1.807) is 13.8 Å². The van der Waals surface area contributed by atoms with Gasteiger partial charge in [0.25, 0.3) is 0 Å². The van der Waals surface area contributed by atoms with Gasteiger partial charge >= 0.3 is 5.97 Å². The van der Waals surface area contributed by atoms with Crippen LogP contribution in [0.5, 0.6) is 0 Å². The van der Waals surface area contributed by atoms with Crippen molar-refractivity contribution in [2.75, 3.05) is 6.61 Å². The van der Waals surface area contributed by atoms with Crippen LogP contribution >= 0.6 is 11.3 Å². The van der Waals surface area contributed by atoms with Gasteiger partial charge in [-0.2, -0.15) is 0 Å². The largest absolute Gasteiger partial charge is 0.476 e. The molecule has 1 heterocycles. The van der Waals surface area contributed by atoms with Gasteiger partial charge in [-0.25, -0.2) is 18.6 Å². The van der Waals surface area contributed by atoms with Gasteiger partial charge in [-0.1, -0.05) is 6.58 Å². The van der Waals surface area contributed by atoms with E-state index < -0.39 is 29.8 Å². The number of nitrogens with zero attached hydrogens (tertiary/aromatic N) is 1. The number of rotatable bonds is 6. The highest BCUT2D eigenvalue weighted by Gasteiger charge is 2.19. The van der Waals surface area contributed by atoms with Crippen LogP contribution in [0.4, 0.5) is 8.78 Å². The summed E-state index contributed by atoms with van der Waals surface area (Å²) in [4.78, 5) is 14.3. The van der Waals surface area contributed by atoms with Crippen molar-refractivity contribution >= 4 is 22.9 Å². The van der Waals surface area contributed by atoms with E-state index in [-0.39, 0.29) is 16.8 Å². The standard InChI is InChI=1S/C12H13F2NO3S/c1-6(2)18-4-8(14)10(7(3)13)11-15-9(5-19-11)12(16)17/h5-6H,3-4H2,1-2H3,(H,16,17)/b10-8+. The van der Waals surface area contributed by atoms with E-state index in [1.807, 2.05) is 0 Å². The highest BCUT2D eigenvalue weighted by molar-refractivity contribution is 7.11. The van der Waals surface area contributed by atoms with Gasteiger partial charge in [-0.3, -0.25) is 0 Å². The topological polar surface area (TPSA) is 59.4 Å². The van der Waals surface area contributed by atoms with Crippen LogP contribution in [0.2, 0.25) is 0 Å². The second kappa shape index (κ2) is 6.53. The molecule has 7 heteroatoms. The second-order valence-corrected chi connectivity index (χ2v) is 4.75. The van der Waals surface area contributed by atoms with Gasteiger partial charge in [-0.05, 0) is 13.8 Å². The maximum Gasteiger partial charge on any atom is 0.355 e. The number of allylic oxidation sites excluding steroid dienone is 2. The van der Waals surface area contributed by atoms with Crippen molar-refractivity contribution in [1.29, 1.82) is 0 Å². The number of hydrogen-bond donors (Lipinski definition) is 1. The first-order chi connectivity index (χ1) is 8.82. The van der Waals surface area contributed by atoms with Gasteiger partial charge in [0.1, 0.15) is 16.7 Å². The van der Waals surface area contributed by atoms with Gasteiger partial charge in [0, 0.05) is 5.38 Å². The molecule has 0 aromatic carbocycles. The van der Waals surface area contributed by atoms with Gasteiger partial charge in [0.15, 0.2) is 5.69 Å². The zero-order valence-electron chi connectivity index (χ0n) is 10.4. The summed E-state index contributed by atoms with van der Waals surface area (Å²) in [6.45, 7) is 6.04. The summed E-state index contributed by atoms with van der Waals surface area (Å²) in [5.74, 6) is -3.14. The average molecular weight is 289 g/mol. The molecule has 0 saturated carbocycles. The number of carbonyl (C=O) groups is 1. The normalized spacial score (nSPS) is 12.5. The zero-order chi connectivity index (χ0) is 14.6. The lowest BCUT2D eigenvalue weighted by Crippen LogP contribution is -2.06. The van der Waals surface area contributed by atoms with Crippen molar-refractivity contribution in [3.63, 3.8) is 0 Å². The van der Waals surface area contributed by atoms with Crippen LogP contribution in [0.25, 0.3) is 5.57 Å². The Bertz CT molecular complexity index is 523. The van der Waals surface area contributed by atoms with E-state index in [0.29, 0.717) is 0 Å². The molecule has 4 nitrogen and oxygen atoms in total. The highest BCUT2D eigenvalue weighted by Crippen LogP contribution is 2.30. The van der Waals surface area contributed by atoms with Crippen LogP contribution in [0.3, 0.4) is 0 Å². The van der Waals surface area contributed by atoms with E-state index in [0.717, 1.165) is 11.3 Å². The molecule has 0 unspecified atom stereocenters. The van der Waals surface area contributed by atoms with Gasteiger partial charge < -0.3 is 9.84 Å². The molecule has 19 heavy (non-hydrogen) atoms. The smallest absolute Gasteiger partial charge is 0.355 e.